The summed E-state index contributed by atoms with van der Waals surface area (Å²) in [6, 6.07) is 9.23. The van der Waals surface area contributed by atoms with Crippen LogP contribution in [0.5, 0.6) is 0 Å². The first kappa shape index (κ1) is 19.2. The molecule has 1 saturated heterocycles. The standard InChI is InChI=1S/C18H24N6O2S/c1-2-6-15-20-17(22-21-15)27-13-16(25)23-9-11-24(12-10-23)18(26)19-14-7-4-3-5-8-14/h3-5,7-8H,2,6,9-13H2,1H3,(H,19,26)(H,20,21,22). The second-order valence-electron chi connectivity index (χ2n) is 6.27. The molecule has 2 heterocycles. The number of para-hydroxylation sites is 1. The van der Waals surface area contributed by atoms with Crippen LogP contribution in [0.2, 0.25) is 0 Å². The Morgan fingerprint density at radius 2 is 1.85 bits per heavy atom. The molecule has 0 saturated carbocycles. The first-order valence-electron chi connectivity index (χ1n) is 9.08. The lowest BCUT2D eigenvalue weighted by molar-refractivity contribution is -0.129. The van der Waals surface area contributed by atoms with Crippen LogP contribution in [-0.4, -0.2) is 68.9 Å². The third kappa shape index (κ3) is 5.46. The van der Waals surface area contributed by atoms with E-state index in [2.05, 4.69) is 27.4 Å². The molecule has 1 aromatic heterocycles. The molecule has 0 unspecified atom stereocenters. The number of hydrogen-bond donors (Lipinski definition) is 2. The number of H-pyrrole nitrogens is 1. The van der Waals surface area contributed by atoms with Gasteiger partial charge in [0.25, 0.3) is 0 Å². The van der Waals surface area contributed by atoms with Gasteiger partial charge >= 0.3 is 6.03 Å². The van der Waals surface area contributed by atoms with Crippen LogP contribution in [0.1, 0.15) is 19.2 Å². The van der Waals surface area contributed by atoms with Crippen molar-refractivity contribution in [2.75, 3.05) is 37.2 Å². The largest absolute Gasteiger partial charge is 0.338 e. The third-order valence-corrected chi connectivity index (χ3v) is 5.10. The van der Waals surface area contributed by atoms with Crippen molar-refractivity contribution in [3.63, 3.8) is 0 Å². The van der Waals surface area contributed by atoms with Gasteiger partial charge in [0.2, 0.25) is 11.1 Å². The summed E-state index contributed by atoms with van der Waals surface area (Å²) in [5, 5.41) is 10.5. The number of anilines is 1. The second kappa shape index (κ2) is 9.40. The lowest BCUT2D eigenvalue weighted by Crippen LogP contribution is -2.52. The van der Waals surface area contributed by atoms with Crippen LogP contribution in [0.4, 0.5) is 10.5 Å². The molecular formula is C18H24N6O2S. The molecule has 2 aromatic rings. The minimum absolute atomic E-state index is 0.0463. The Labute approximate surface area is 162 Å². The Kier molecular flexibility index (Phi) is 6.69. The Morgan fingerprint density at radius 3 is 2.56 bits per heavy atom. The van der Waals surface area contributed by atoms with Gasteiger partial charge in [-0.1, -0.05) is 36.9 Å². The normalized spacial score (nSPS) is 14.3. The van der Waals surface area contributed by atoms with Crippen LogP contribution in [0.15, 0.2) is 35.5 Å². The van der Waals surface area contributed by atoms with Gasteiger partial charge in [0.1, 0.15) is 5.82 Å². The fourth-order valence-corrected chi connectivity index (χ4v) is 3.51. The average molecular weight is 388 g/mol. The number of nitrogens with zero attached hydrogens (tertiary/aromatic N) is 4. The van der Waals surface area contributed by atoms with Gasteiger partial charge in [-0.3, -0.25) is 9.89 Å². The summed E-state index contributed by atoms with van der Waals surface area (Å²) in [5.41, 5.74) is 0.770. The van der Waals surface area contributed by atoms with Gasteiger partial charge in [-0.25, -0.2) is 9.78 Å². The molecule has 1 aliphatic rings. The molecular weight excluding hydrogens is 364 g/mol. The zero-order valence-corrected chi connectivity index (χ0v) is 16.2. The van der Waals surface area contributed by atoms with E-state index in [4.69, 9.17) is 0 Å². The van der Waals surface area contributed by atoms with Crippen LogP contribution in [0.25, 0.3) is 0 Å². The van der Waals surface area contributed by atoms with Gasteiger partial charge in [-0.15, -0.1) is 5.10 Å². The molecule has 9 heteroatoms. The minimum Gasteiger partial charge on any atom is -0.338 e. The van der Waals surface area contributed by atoms with Gasteiger partial charge in [0.05, 0.1) is 5.75 Å². The molecule has 0 radical (unpaired) electrons. The summed E-state index contributed by atoms with van der Waals surface area (Å²) in [4.78, 5) is 32.6. The van der Waals surface area contributed by atoms with Crippen molar-refractivity contribution in [3.05, 3.63) is 36.2 Å². The molecule has 0 spiro atoms. The third-order valence-electron chi connectivity index (χ3n) is 4.27. The van der Waals surface area contributed by atoms with Gasteiger partial charge < -0.3 is 15.1 Å². The number of benzene rings is 1. The van der Waals surface area contributed by atoms with E-state index >= 15 is 0 Å². The number of hydrogen-bond acceptors (Lipinski definition) is 5. The van der Waals surface area contributed by atoms with Crippen LogP contribution in [0, 0.1) is 0 Å². The van der Waals surface area contributed by atoms with Crippen molar-refractivity contribution >= 4 is 29.4 Å². The summed E-state index contributed by atoms with van der Waals surface area (Å²) >= 11 is 1.34. The molecule has 144 valence electrons. The predicted molar refractivity (Wildman–Crippen MR) is 105 cm³/mol. The van der Waals surface area contributed by atoms with Crippen LogP contribution < -0.4 is 5.32 Å². The lowest BCUT2D eigenvalue weighted by Gasteiger charge is -2.34. The van der Waals surface area contributed by atoms with E-state index in [1.165, 1.54) is 11.8 Å². The maximum absolute atomic E-state index is 12.4. The van der Waals surface area contributed by atoms with E-state index in [9.17, 15) is 9.59 Å². The molecule has 3 amide bonds. The predicted octanol–water partition coefficient (Wildman–Crippen LogP) is 2.23. The van der Waals surface area contributed by atoms with E-state index in [1.807, 2.05) is 30.3 Å². The van der Waals surface area contributed by atoms with Gasteiger partial charge in [0, 0.05) is 38.3 Å². The fraction of sp³-hybridized carbons (Fsp3) is 0.444. The summed E-state index contributed by atoms with van der Waals surface area (Å²) < 4.78 is 0. The SMILES string of the molecule is CCCc1nc(SCC(=O)N2CCN(C(=O)Nc3ccccc3)CC2)n[nH]1. The molecule has 1 aliphatic heterocycles. The highest BCUT2D eigenvalue weighted by atomic mass is 32.2. The Morgan fingerprint density at radius 1 is 1.15 bits per heavy atom. The summed E-state index contributed by atoms with van der Waals surface area (Å²) in [7, 11) is 0. The number of aromatic amines is 1. The molecule has 0 bridgehead atoms. The van der Waals surface area contributed by atoms with Crippen molar-refractivity contribution < 1.29 is 9.59 Å². The average Bonchev–Trinajstić information content (AvgIpc) is 3.15. The van der Waals surface area contributed by atoms with Crippen LogP contribution in [-0.2, 0) is 11.2 Å². The number of aromatic nitrogens is 3. The zero-order chi connectivity index (χ0) is 19.1. The van der Waals surface area contributed by atoms with Crippen molar-refractivity contribution in [2.45, 2.75) is 24.9 Å². The highest BCUT2D eigenvalue weighted by Gasteiger charge is 2.24. The number of aryl methyl sites for hydroxylation is 1. The number of rotatable bonds is 6. The number of thioether (sulfide) groups is 1. The summed E-state index contributed by atoms with van der Waals surface area (Å²) in [6.45, 7) is 4.21. The number of amides is 3. The molecule has 3 rings (SSSR count). The smallest absolute Gasteiger partial charge is 0.321 e. The van der Waals surface area contributed by atoms with Crippen molar-refractivity contribution in [3.8, 4) is 0 Å². The molecule has 27 heavy (non-hydrogen) atoms. The number of carbonyl (C=O) groups excluding carboxylic acids is 2. The zero-order valence-electron chi connectivity index (χ0n) is 15.4. The summed E-state index contributed by atoms with van der Waals surface area (Å²) in [6.07, 6.45) is 1.86. The van der Waals surface area contributed by atoms with E-state index < -0.39 is 0 Å². The summed E-state index contributed by atoms with van der Waals surface area (Å²) in [5.74, 6) is 1.20. The highest BCUT2D eigenvalue weighted by molar-refractivity contribution is 7.99. The lowest BCUT2D eigenvalue weighted by atomic mass is 10.3. The first-order valence-corrected chi connectivity index (χ1v) is 10.1. The van der Waals surface area contributed by atoms with Crippen molar-refractivity contribution in [1.29, 1.82) is 0 Å². The van der Waals surface area contributed by atoms with E-state index in [1.54, 1.807) is 9.80 Å². The number of carbonyl (C=O) groups is 2. The molecule has 2 N–H and O–H groups in total. The van der Waals surface area contributed by atoms with Gasteiger partial charge in [0.15, 0.2) is 0 Å². The Bertz CT molecular complexity index is 758. The maximum Gasteiger partial charge on any atom is 0.321 e. The van der Waals surface area contributed by atoms with E-state index in [0.717, 1.165) is 24.4 Å². The van der Waals surface area contributed by atoms with Crippen LogP contribution >= 0.6 is 11.8 Å². The number of piperazine rings is 1. The molecule has 0 aliphatic carbocycles. The van der Waals surface area contributed by atoms with Gasteiger partial charge in [-0.05, 0) is 18.6 Å². The number of urea groups is 1. The number of nitrogens with one attached hydrogen (secondary N) is 2. The molecule has 1 aromatic carbocycles. The topological polar surface area (TPSA) is 94.2 Å². The van der Waals surface area contributed by atoms with E-state index in [-0.39, 0.29) is 11.9 Å². The Hall–Kier alpha value is -2.55. The minimum atomic E-state index is -0.133. The molecule has 0 atom stereocenters. The second-order valence-corrected chi connectivity index (χ2v) is 7.21. The van der Waals surface area contributed by atoms with Crippen molar-refractivity contribution in [1.82, 2.24) is 25.0 Å². The monoisotopic (exact) mass is 388 g/mol. The van der Waals surface area contributed by atoms with Crippen LogP contribution in [0.3, 0.4) is 0 Å². The maximum atomic E-state index is 12.4. The van der Waals surface area contributed by atoms with Crippen molar-refractivity contribution in [2.24, 2.45) is 0 Å². The molecule has 8 nitrogen and oxygen atoms in total. The molecule has 1 fully saturated rings. The highest BCUT2D eigenvalue weighted by Crippen LogP contribution is 2.15. The van der Waals surface area contributed by atoms with E-state index in [0.29, 0.717) is 37.1 Å². The quantitative estimate of drug-likeness (QED) is 0.740. The first-order chi connectivity index (χ1) is 13.2. The fourth-order valence-electron chi connectivity index (χ4n) is 2.79. The Balaban J connectivity index is 1.41. The van der Waals surface area contributed by atoms with Gasteiger partial charge in [-0.2, -0.15) is 0 Å².